The van der Waals surface area contributed by atoms with Crippen LogP contribution in [0.15, 0.2) is 0 Å². The fourth-order valence-corrected chi connectivity index (χ4v) is 2.35. The second kappa shape index (κ2) is 2.93. The van der Waals surface area contributed by atoms with Crippen LogP contribution >= 0.6 is 24.2 Å². The van der Waals surface area contributed by atoms with E-state index in [-0.39, 0.29) is 0 Å². The van der Waals surface area contributed by atoms with Crippen LogP contribution in [0.25, 0.3) is 0 Å². The fraction of sp³-hybridized carbons (Fsp3) is 0.571. The molecule has 0 spiro atoms. The van der Waals surface area contributed by atoms with Gasteiger partial charge in [0.05, 0.1) is 5.69 Å². The van der Waals surface area contributed by atoms with Crippen LogP contribution in [-0.2, 0) is 0 Å². The molecule has 0 radical (unpaired) electrons. The van der Waals surface area contributed by atoms with Crippen LogP contribution in [0.5, 0.6) is 0 Å². The van der Waals surface area contributed by atoms with Gasteiger partial charge in [0.15, 0.2) is 0 Å². The molecule has 3 heteroatoms. The van der Waals surface area contributed by atoms with Crippen LogP contribution < -0.4 is 0 Å². The Labute approximate surface area is 71.0 Å². The van der Waals surface area contributed by atoms with Gasteiger partial charge in [-0.2, -0.15) is 17.0 Å². The lowest BCUT2D eigenvalue weighted by atomic mass is 10.1. The molecule has 10 heavy (non-hydrogen) atoms. The lowest BCUT2D eigenvalue weighted by Gasteiger charge is -2.02. The summed E-state index contributed by atoms with van der Waals surface area (Å²) in [5.74, 6) is 0. The van der Waals surface area contributed by atoms with Gasteiger partial charge in [0.25, 0.3) is 0 Å². The van der Waals surface area contributed by atoms with Gasteiger partial charge in [0.1, 0.15) is 0 Å². The topological polar surface area (TPSA) is 12.9 Å². The second-order valence-corrected chi connectivity index (χ2v) is 4.17. The molecule has 1 aromatic heterocycles. The molecule has 1 nitrogen and oxygen atoms in total. The zero-order chi connectivity index (χ0) is 7.72. The number of thiol groups is 1. The van der Waals surface area contributed by atoms with Gasteiger partial charge in [0, 0.05) is 15.7 Å². The summed E-state index contributed by atoms with van der Waals surface area (Å²) in [5.41, 5.74) is 2.43. The highest BCUT2D eigenvalue weighted by molar-refractivity contribution is 7.80. The lowest BCUT2D eigenvalue weighted by Crippen LogP contribution is -1.87. The van der Waals surface area contributed by atoms with Crippen LogP contribution in [0.4, 0.5) is 0 Å². The molecule has 0 amide bonds. The third kappa shape index (κ3) is 1.35. The van der Waals surface area contributed by atoms with E-state index >= 15 is 0 Å². The minimum Gasteiger partial charge on any atom is -0.197 e. The van der Waals surface area contributed by atoms with Crippen molar-refractivity contribution in [2.24, 2.45) is 0 Å². The quantitative estimate of drug-likeness (QED) is 0.644. The Balaban J connectivity index is 3.10. The summed E-state index contributed by atoms with van der Waals surface area (Å²) in [7, 11) is 0. The van der Waals surface area contributed by atoms with E-state index in [0.717, 1.165) is 5.69 Å². The number of hydrogen-bond donors (Lipinski definition) is 1. The van der Waals surface area contributed by atoms with Crippen LogP contribution in [0.2, 0.25) is 0 Å². The number of nitrogens with zero attached hydrogens (tertiary/aromatic N) is 1. The first kappa shape index (κ1) is 8.08. The average molecular weight is 173 g/mol. The van der Waals surface area contributed by atoms with Gasteiger partial charge < -0.3 is 0 Å². The number of aryl methyl sites for hydroxylation is 2. The number of aromatic nitrogens is 1. The van der Waals surface area contributed by atoms with E-state index in [2.05, 4.69) is 30.8 Å². The van der Waals surface area contributed by atoms with E-state index in [4.69, 9.17) is 0 Å². The normalized spacial score (nSPS) is 13.6. The second-order valence-electron chi connectivity index (χ2n) is 2.41. The summed E-state index contributed by atoms with van der Waals surface area (Å²) in [6, 6.07) is 0. The molecule has 56 valence electrons. The molecule has 1 unspecified atom stereocenters. The van der Waals surface area contributed by atoms with E-state index < -0.39 is 0 Å². The first-order valence-corrected chi connectivity index (χ1v) is 4.52. The monoisotopic (exact) mass is 173 g/mol. The fourth-order valence-electron chi connectivity index (χ4n) is 1.09. The van der Waals surface area contributed by atoms with Crippen molar-refractivity contribution in [1.29, 1.82) is 0 Å². The van der Waals surface area contributed by atoms with Crippen molar-refractivity contribution in [2.75, 3.05) is 0 Å². The summed E-state index contributed by atoms with van der Waals surface area (Å²) in [6.07, 6.45) is 0. The lowest BCUT2D eigenvalue weighted by molar-refractivity contribution is 1.06. The van der Waals surface area contributed by atoms with Crippen molar-refractivity contribution in [3.63, 3.8) is 0 Å². The van der Waals surface area contributed by atoms with Crippen molar-refractivity contribution >= 4 is 24.2 Å². The highest BCUT2D eigenvalue weighted by Gasteiger charge is 2.09. The van der Waals surface area contributed by atoms with E-state index in [1.807, 2.05) is 6.92 Å². The molecule has 0 fully saturated rings. The molecule has 0 saturated heterocycles. The average Bonchev–Trinajstić information content (AvgIpc) is 2.11. The standard InChI is InChI=1S/C7H11NS2/c1-4-7(5(2)9)6(3)10-8-4/h5,9H,1-3H3. The van der Waals surface area contributed by atoms with Crippen LogP contribution in [0, 0.1) is 13.8 Å². The van der Waals surface area contributed by atoms with Gasteiger partial charge >= 0.3 is 0 Å². The molecule has 0 aliphatic carbocycles. The maximum Gasteiger partial charge on any atom is 0.0557 e. The molecule has 0 aliphatic rings. The number of hydrogen-bond acceptors (Lipinski definition) is 3. The van der Waals surface area contributed by atoms with Crippen molar-refractivity contribution in [2.45, 2.75) is 26.0 Å². The van der Waals surface area contributed by atoms with Gasteiger partial charge in [-0.3, -0.25) is 0 Å². The van der Waals surface area contributed by atoms with Gasteiger partial charge in [0.2, 0.25) is 0 Å². The Bertz CT molecular complexity index is 208. The molecule has 0 N–H and O–H groups in total. The van der Waals surface area contributed by atoms with Gasteiger partial charge in [-0.25, -0.2) is 0 Å². The third-order valence-electron chi connectivity index (χ3n) is 1.51. The zero-order valence-corrected chi connectivity index (χ0v) is 8.09. The van der Waals surface area contributed by atoms with E-state index in [0.29, 0.717) is 5.25 Å². The zero-order valence-electron chi connectivity index (χ0n) is 6.38. The van der Waals surface area contributed by atoms with Gasteiger partial charge in [-0.15, -0.1) is 0 Å². The minimum atomic E-state index is 0.318. The summed E-state index contributed by atoms with van der Waals surface area (Å²) in [5, 5.41) is 0.318. The predicted octanol–water partition coefficient (Wildman–Crippen LogP) is 2.75. The third-order valence-corrected chi connectivity index (χ3v) is 2.62. The molecule has 1 aromatic rings. The smallest absolute Gasteiger partial charge is 0.0557 e. The molecule has 0 aliphatic heterocycles. The van der Waals surface area contributed by atoms with E-state index in [1.54, 1.807) is 11.5 Å². The Hall–Kier alpha value is -0.0200. The van der Waals surface area contributed by atoms with Crippen molar-refractivity contribution in [1.82, 2.24) is 4.37 Å². The van der Waals surface area contributed by atoms with Gasteiger partial charge in [-0.05, 0) is 32.3 Å². The molecule has 1 rings (SSSR count). The number of rotatable bonds is 1. The molecule has 0 saturated carbocycles. The molecular formula is C7H11NS2. The van der Waals surface area contributed by atoms with Gasteiger partial charge in [-0.1, -0.05) is 0 Å². The van der Waals surface area contributed by atoms with Crippen LogP contribution in [-0.4, -0.2) is 4.37 Å². The molecule has 0 bridgehead atoms. The Kier molecular flexibility index (Phi) is 2.36. The van der Waals surface area contributed by atoms with Crippen molar-refractivity contribution < 1.29 is 0 Å². The first-order chi connectivity index (χ1) is 4.63. The Morgan fingerprint density at radius 2 is 2.10 bits per heavy atom. The summed E-state index contributed by atoms with van der Waals surface area (Å²) >= 11 is 5.92. The summed E-state index contributed by atoms with van der Waals surface area (Å²) in [6.45, 7) is 6.20. The highest BCUT2D eigenvalue weighted by Crippen LogP contribution is 2.27. The highest BCUT2D eigenvalue weighted by atomic mass is 32.1. The molecular weight excluding hydrogens is 162 g/mol. The minimum absolute atomic E-state index is 0.318. The molecule has 1 heterocycles. The molecule has 1 atom stereocenters. The maximum absolute atomic E-state index is 4.36. The van der Waals surface area contributed by atoms with Crippen LogP contribution in [0.3, 0.4) is 0 Å². The SMILES string of the molecule is Cc1nsc(C)c1C(C)S. The maximum atomic E-state index is 4.36. The summed E-state index contributed by atoms with van der Waals surface area (Å²) < 4.78 is 4.23. The first-order valence-electron chi connectivity index (χ1n) is 3.23. The Morgan fingerprint density at radius 1 is 1.50 bits per heavy atom. The summed E-state index contributed by atoms with van der Waals surface area (Å²) in [4.78, 5) is 1.29. The largest absolute Gasteiger partial charge is 0.197 e. The van der Waals surface area contributed by atoms with Crippen LogP contribution in [0.1, 0.15) is 28.3 Å². The van der Waals surface area contributed by atoms with Crippen molar-refractivity contribution in [3.8, 4) is 0 Å². The predicted molar refractivity (Wildman–Crippen MR) is 49.0 cm³/mol. The molecule has 0 aromatic carbocycles. The Morgan fingerprint density at radius 3 is 2.30 bits per heavy atom. The van der Waals surface area contributed by atoms with Crippen molar-refractivity contribution in [3.05, 3.63) is 16.1 Å². The van der Waals surface area contributed by atoms with E-state index in [9.17, 15) is 0 Å². The van der Waals surface area contributed by atoms with E-state index in [1.165, 1.54) is 10.4 Å².